The van der Waals surface area contributed by atoms with Gasteiger partial charge in [-0.1, -0.05) is 11.6 Å². The van der Waals surface area contributed by atoms with Gasteiger partial charge in [-0.05, 0) is 6.07 Å². The minimum atomic E-state index is -5.06. The maximum atomic E-state index is 13.5. The number of carboxylic acids is 1. The molecule has 11 heteroatoms. The highest BCUT2D eigenvalue weighted by Gasteiger charge is 2.37. The predicted molar refractivity (Wildman–Crippen MR) is 65.0 cm³/mol. The number of nitrogens with zero attached hydrogens (tertiary/aromatic N) is 2. The predicted octanol–water partition coefficient (Wildman–Crippen LogP) is 3.16. The summed E-state index contributed by atoms with van der Waals surface area (Å²) in [6.45, 7) is -2.08. The lowest BCUT2D eigenvalue weighted by molar-refractivity contribution is -0.169. The fourth-order valence-corrected chi connectivity index (χ4v) is 1.32. The Kier molecular flexibility index (Phi) is 5.80. The average molecular weight is 343 g/mol. The molecule has 1 rings (SSSR count). The second-order valence-electron chi connectivity index (χ2n) is 3.74. The number of alkyl halides is 3. The lowest BCUT2D eigenvalue weighted by Crippen LogP contribution is -2.24. The van der Waals surface area contributed by atoms with Crippen molar-refractivity contribution < 1.29 is 37.0 Å². The van der Waals surface area contributed by atoms with E-state index in [1.54, 1.807) is 0 Å². The van der Waals surface area contributed by atoms with Gasteiger partial charge in [-0.15, -0.1) is 0 Å². The van der Waals surface area contributed by atoms with Crippen molar-refractivity contribution in [2.75, 3.05) is 13.2 Å². The highest BCUT2D eigenvalue weighted by molar-refractivity contribution is 6.32. The van der Waals surface area contributed by atoms with Crippen LogP contribution in [-0.2, 0) is 9.59 Å². The van der Waals surface area contributed by atoms with Crippen molar-refractivity contribution in [1.29, 1.82) is 0 Å². The fraction of sp³-hybridized carbons (Fsp3) is 0.273. The van der Waals surface area contributed by atoms with E-state index in [0.717, 1.165) is 12.1 Å². The molecule has 0 amide bonds. The van der Waals surface area contributed by atoms with Crippen LogP contribution in [0.15, 0.2) is 22.4 Å². The molecule has 0 aromatic heterocycles. The Labute approximate surface area is 125 Å². The van der Waals surface area contributed by atoms with E-state index in [0.29, 0.717) is 0 Å². The number of hydrogen-bond acceptors (Lipinski definition) is 5. The normalized spacial score (nSPS) is 11.7. The molecule has 1 N–H and O–H groups in total. The van der Waals surface area contributed by atoms with Crippen LogP contribution in [0.1, 0.15) is 0 Å². The number of rotatable bonds is 6. The molecular formula is C11H7ClF4N2O4. The summed E-state index contributed by atoms with van der Waals surface area (Å²) >= 11 is 5.60. The third-order valence-corrected chi connectivity index (χ3v) is 2.36. The zero-order chi connectivity index (χ0) is 16.9. The van der Waals surface area contributed by atoms with Gasteiger partial charge in [-0.3, -0.25) is 4.79 Å². The van der Waals surface area contributed by atoms with Crippen molar-refractivity contribution in [3.05, 3.63) is 23.0 Å². The van der Waals surface area contributed by atoms with Gasteiger partial charge in [0.25, 0.3) is 5.78 Å². The van der Waals surface area contributed by atoms with E-state index >= 15 is 0 Å². The van der Waals surface area contributed by atoms with Crippen molar-refractivity contribution in [3.63, 3.8) is 0 Å². The summed E-state index contributed by atoms with van der Waals surface area (Å²) in [5.74, 6) is -4.75. The molecule has 0 atom stereocenters. The Morgan fingerprint density at radius 3 is 2.50 bits per heavy atom. The first kappa shape index (κ1) is 17.8. The molecule has 0 radical (unpaired) electrons. The van der Waals surface area contributed by atoms with E-state index in [2.05, 4.69) is 10.2 Å². The third-order valence-electron chi connectivity index (χ3n) is 2.06. The second-order valence-corrected chi connectivity index (χ2v) is 4.14. The van der Waals surface area contributed by atoms with Gasteiger partial charge >= 0.3 is 12.1 Å². The Hall–Kier alpha value is -2.23. The van der Waals surface area contributed by atoms with Gasteiger partial charge in [0.2, 0.25) is 0 Å². The Morgan fingerprint density at radius 1 is 1.32 bits per heavy atom. The lowest BCUT2D eigenvalue weighted by Gasteiger charge is -2.07. The molecular weight excluding hydrogens is 336 g/mol. The van der Waals surface area contributed by atoms with E-state index in [9.17, 15) is 27.2 Å². The monoisotopic (exact) mass is 342 g/mol. The van der Waals surface area contributed by atoms with Gasteiger partial charge in [0, 0.05) is 6.07 Å². The quantitative estimate of drug-likeness (QED) is 0.635. The number of ether oxygens (including phenoxy) is 1. The first-order valence-corrected chi connectivity index (χ1v) is 5.80. The number of azo groups is 1. The van der Waals surface area contributed by atoms with Gasteiger partial charge in [-0.25, -0.2) is 9.18 Å². The topological polar surface area (TPSA) is 88.3 Å². The fourth-order valence-electron chi connectivity index (χ4n) is 1.11. The summed E-state index contributed by atoms with van der Waals surface area (Å²) < 4.78 is 54.0. The minimum absolute atomic E-state index is 0.249. The summed E-state index contributed by atoms with van der Waals surface area (Å²) in [4.78, 5) is 20.9. The molecule has 0 saturated carbocycles. The van der Waals surface area contributed by atoms with E-state index in [-0.39, 0.29) is 10.8 Å². The van der Waals surface area contributed by atoms with Gasteiger partial charge in [0.05, 0.1) is 5.02 Å². The summed E-state index contributed by atoms with van der Waals surface area (Å²) in [7, 11) is 0. The van der Waals surface area contributed by atoms with Crippen molar-refractivity contribution in [1.82, 2.24) is 0 Å². The number of hydrogen-bond donors (Lipinski definition) is 1. The van der Waals surface area contributed by atoms with Crippen LogP contribution in [0.4, 0.5) is 23.2 Å². The van der Waals surface area contributed by atoms with E-state index in [1.807, 2.05) is 0 Å². The van der Waals surface area contributed by atoms with Crippen molar-refractivity contribution in [2.45, 2.75) is 6.18 Å². The maximum Gasteiger partial charge on any atom is 0.452 e. The van der Waals surface area contributed by atoms with Crippen molar-refractivity contribution in [2.24, 2.45) is 10.2 Å². The maximum absolute atomic E-state index is 13.5. The zero-order valence-electron chi connectivity index (χ0n) is 10.5. The highest BCUT2D eigenvalue weighted by atomic mass is 35.5. The second kappa shape index (κ2) is 7.16. The number of carboxylic acid groups (broad SMARTS) is 1. The largest absolute Gasteiger partial charge is 0.480 e. The molecule has 0 fully saturated rings. The number of ketones is 1. The number of benzene rings is 1. The van der Waals surface area contributed by atoms with E-state index in [4.69, 9.17) is 21.4 Å². The van der Waals surface area contributed by atoms with Gasteiger partial charge in [-0.2, -0.15) is 23.4 Å². The molecule has 0 saturated heterocycles. The average Bonchev–Trinajstić information content (AvgIpc) is 2.38. The van der Waals surface area contributed by atoms with E-state index < -0.39 is 42.6 Å². The van der Waals surface area contributed by atoms with E-state index in [1.165, 1.54) is 0 Å². The number of aliphatic carboxylic acids is 1. The smallest absolute Gasteiger partial charge is 0.452 e. The van der Waals surface area contributed by atoms with Crippen LogP contribution in [0.3, 0.4) is 0 Å². The lowest BCUT2D eigenvalue weighted by atomic mass is 10.3. The molecule has 1 aromatic rings. The first-order valence-electron chi connectivity index (χ1n) is 5.42. The highest BCUT2D eigenvalue weighted by Crippen LogP contribution is 2.32. The molecule has 22 heavy (non-hydrogen) atoms. The molecule has 120 valence electrons. The Morgan fingerprint density at radius 2 is 1.95 bits per heavy atom. The molecule has 6 nitrogen and oxygen atoms in total. The number of carbonyl (C=O) groups is 2. The first-order chi connectivity index (χ1) is 10.1. The minimum Gasteiger partial charge on any atom is -0.480 e. The van der Waals surface area contributed by atoms with Crippen molar-refractivity contribution in [3.8, 4) is 5.75 Å². The number of halogens is 5. The van der Waals surface area contributed by atoms with Crippen LogP contribution >= 0.6 is 11.6 Å². The molecule has 1 aromatic carbocycles. The molecule has 0 spiro atoms. The molecule has 0 aliphatic carbocycles. The Bertz CT molecular complexity index is 619. The standard InChI is InChI=1S/C11H7ClF4N2O4/c12-5-1-6(13)7(2-8(5)22-4-10(20)21)18-17-3-9(19)11(14,15)16/h1-2H,3-4H2,(H,20,21). The number of Topliss-reactive ketones (excluding diaryl/α,β-unsaturated/α-hetero) is 1. The third kappa shape index (κ3) is 5.28. The summed E-state index contributed by atoms with van der Waals surface area (Å²) in [6, 6.07) is 1.57. The molecule has 0 unspecified atom stereocenters. The molecule has 0 heterocycles. The van der Waals surface area contributed by atoms with Gasteiger partial charge in [0.1, 0.15) is 18.0 Å². The molecule has 0 aliphatic heterocycles. The SMILES string of the molecule is O=C(O)COc1cc(N=NCC(=O)C(F)(F)F)c(F)cc1Cl. The molecule has 0 aliphatic rings. The summed E-state index contributed by atoms with van der Waals surface area (Å²) in [5, 5.41) is 14.2. The Balaban J connectivity index is 2.88. The van der Waals surface area contributed by atoms with Crippen LogP contribution in [0.5, 0.6) is 5.75 Å². The van der Waals surface area contributed by atoms with Crippen LogP contribution in [-0.4, -0.2) is 36.2 Å². The van der Waals surface area contributed by atoms with Crippen LogP contribution in [0.2, 0.25) is 5.02 Å². The van der Waals surface area contributed by atoms with Crippen LogP contribution in [0.25, 0.3) is 0 Å². The van der Waals surface area contributed by atoms with Crippen molar-refractivity contribution >= 4 is 29.0 Å². The van der Waals surface area contributed by atoms with Crippen LogP contribution < -0.4 is 4.74 Å². The number of carbonyl (C=O) groups excluding carboxylic acids is 1. The molecule has 0 bridgehead atoms. The summed E-state index contributed by atoms with van der Waals surface area (Å²) in [6.07, 6.45) is -5.06. The van der Waals surface area contributed by atoms with Gasteiger partial charge in [0.15, 0.2) is 12.4 Å². The van der Waals surface area contributed by atoms with Crippen LogP contribution in [0, 0.1) is 5.82 Å². The zero-order valence-corrected chi connectivity index (χ0v) is 11.3. The summed E-state index contributed by atoms with van der Waals surface area (Å²) in [5.41, 5.74) is -0.556. The van der Waals surface area contributed by atoms with Gasteiger partial charge < -0.3 is 9.84 Å².